The van der Waals surface area contributed by atoms with Gasteiger partial charge in [-0.25, -0.2) is 4.39 Å². The van der Waals surface area contributed by atoms with E-state index in [4.69, 9.17) is 4.74 Å². The molecule has 0 radical (unpaired) electrons. The number of rotatable bonds is 5. The Morgan fingerprint density at radius 2 is 2.07 bits per heavy atom. The molecule has 2 unspecified atom stereocenters. The molecule has 2 atom stereocenters. The topological polar surface area (TPSA) is 41.6 Å². The first-order valence-corrected chi connectivity index (χ1v) is 10.2. The summed E-state index contributed by atoms with van der Waals surface area (Å²) in [6.07, 6.45) is 6.45. The second-order valence-corrected chi connectivity index (χ2v) is 7.89. The van der Waals surface area contributed by atoms with Gasteiger partial charge in [0.05, 0.1) is 7.11 Å². The summed E-state index contributed by atoms with van der Waals surface area (Å²) in [5.74, 6) is 1.00. The van der Waals surface area contributed by atoms with Crippen LogP contribution in [0.25, 0.3) is 6.08 Å². The number of nitrogens with one attached hydrogen (secondary N) is 1. The Morgan fingerprint density at radius 3 is 2.86 bits per heavy atom. The van der Waals surface area contributed by atoms with Crippen LogP contribution in [0.4, 0.5) is 4.39 Å². The number of hydrogen-bond acceptors (Lipinski definition) is 3. The van der Waals surface area contributed by atoms with Gasteiger partial charge in [0.15, 0.2) is 0 Å². The number of methoxy groups -OCH3 is 1. The van der Waals surface area contributed by atoms with Crippen LogP contribution in [0.1, 0.15) is 35.6 Å². The molecule has 0 spiro atoms. The molecule has 29 heavy (non-hydrogen) atoms. The Bertz CT molecular complexity index is 894. The zero-order valence-corrected chi connectivity index (χ0v) is 16.7. The number of hydrogen-bond donors (Lipinski definition) is 1. The van der Waals surface area contributed by atoms with Gasteiger partial charge < -0.3 is 10.1 Å². The van der Waals surface area contributed by atoms with Gasteiger partial charge in [-0.2, -0.15) is 0 Å². The third-order valence-corrected chi connectivity index (χ3v) is 6.06. The lowest BCUT2D eigenvalue weighted by Crippen LogP contribution is -2.43. The number of nitrogens with zero attached hydrogens (tertiary/aromatic N) is 1. The van der Waals surface area contributed by atoms with Crippen molar-refractivity contribution in [3.8, 4) is 5.75 Å². The maximum Gasteiger partial charge on any atom is 0.244 e. The largest absolute Gasteiger partial charge is 0.497 e. The lowest BCUT2D eigenvalue weighted by Gasteiger charge is -2.43. The van der Waals surface area contributed by atoms with Gasteiger partial charge in [-0.15, -0.1) is 0 Å². The molecule has 0 aromatic heterocycles. The second kappa shape index (κ2) is 8.78. The monoisotopic (exact) mass is 394 g/mol. The van der Waals surface area contributed by atoms with Crippen molar-refractivity contribution in [3.63, 3.8) is 0 Å². The lowest BCUT2D eigenvalue weighted by molar-refractivity contribution is -0.116. The quantitative estimate of drug-likeness (QED) is 0.780. The molecule has 4 nitrogen and oxygen atoms in total. The summed E-state index contributed by atoms with van der Waals surface area (Å²) in [6.45, 7) is 2.84. The molecule has 2 aromatic carbocycles. The molecule has 1 amide bonds. The molecule has 1 saturated heterocycles. The predicted octanol–water partition coefficient (Wildman–Crippen LogP) is 3.97. The highest BCUT2D eigenvalue weighted by atomic mass is 19.1. The van der Waals surface area contributed by atoms with Crippen molar-refractivity contribution in [2.75, 3.05) is 26.7 Å². The molecule has 4 rings (SSSR count). The minimum Gasteiger partial charge on any atom is -0.497 e. The van der Waals surface area contributed by atoms with Crippen LogP contribution in [0.2, 0.25) is 0 Å². The standard InChI is InChI=1S/C24H27FN2O2/c1-29-21-7-8-22-19(15-21)11-13-27-12-10-18(14-23(22)27)16-26-24(28)9-4-17-2-5-20(25)6-3-17/h2-9,15,18,23H,10-14,16H2,1H3,(H,26,28)/b9-4+. The average molecular weight is 394 g/mol. The van der Waals surface area contributed by atoms with Crippen molar-refractivity contribution < 1.29 is 13.9 Å². The molecule has 0 aliphatic carbocycles. The Balaban J connectivity index is 1.33. The highest BCUT2D eigenvalue weighted by Gasteiger charge is 2.33. The summed E-state index contributed by atoms with van der Waals surface area (Å²) in [7, 11) is 1.71. The highest BCUT2D eigenvalue weighted by Crippen LogP contribution is 2.39. The Kier molecular flexibility index (Phi) is 5.95. The fourth-order valence-electron chi connectivity index (χ4n) is 4.43. The molecular formula is C24H27FN2O2. The molecule has 0 bridgehead atoms. The van der Waals surface area contributed by atoms with E-state index in [1.165, 1.54) is 29.3 Å². The number of amides is 1. The molecule has 2 aliphatic rings. The van der Waals surface area contributed by atoms with E-state index in [2.05, 4.69) is 22.3 Å². The molecule has 1 N–H and O–H groups in total. The average Bonchev–Trinajstić information content (AvgIpc) is 2.76. The molecule has 1 fully saturated rings. The number of benzene rings is 2. The third-order valence-electron chi connectivity index (χ3n) is 6.06. The van der Waals surface area contributed by atoms with E-state index in [1.54, 1.807) is 25.3 Å². The van der Waals surface area contributed by atoms with Crippen LogP contribution in [0.15, 0.2) is 48.5 Å². The molecule has 2 heterocycles. The van der Waals surface area contributed by atoms with Gasteiger partial charge >= 0.3 is 0 Å². The number of carbonyl (C=O) groups excluding carboxylic acids is 1. The molecule has 5 heteroatoms. The van der Waals surface area contributed by atoms with Gasteiger partial charge in [-0.3, -0.25) is 9.69 Å². The molecule has 0 saturated carbocycles. The van der Waals surface area contributed by atoms with Gasteiger partial charge in [0, 0.05) is 25.2 Å². The number of fused-ring (bicyclic) bond motifs is 3. The summed E-state index contributed by atoms with van der Waals surface area (Å²) < 4.78 is 18.3. The van der Waals surface area contributed by atoms with Gasteiger partial charge in [-0.1, -0.05) is 18.2 Å². The summed E-state index contributed by atoms with van der Waals surface area (Å²) in [6, 6.07) is 12.9. The lowest BCUT2D eigenvalue weighted by atomic mass is 9.82. The third kappa shape index (κ3) is 4.67. The van der Waals surface area contributed by atoms with Gasteiger partial charge in [0.1, 0.15) is 11.6 Å². The SMILES string of the molecule is COc1ccc2c(c1)CCN1CCC(CNC(=O)/C=C/c3ccc(F)cc3)CC21. The van der Waals surface area contributed by atoms with Crippen molar-refractivity contribution in [2.24, 2.45) is 5.92 Å². The minimum absolute atomic E-state index is 0.106. The van der Waals surface area contributed by atoms with Crippen molar-refractivity contribution in [1.29, 1.82) is 0 Å². The van der Waals surface area contributed by atoms with Crippen LogP contribution >= 0.6 is 0 Å². The summed E-state index contributed by atoms with van der Waals surface area (Å²) in [5, 5.41) is 3.03. The Morgan fingerprint density at radius 1 is 1.24 bits per heavy atom. The van der Waals surface area contributed by atoms with Gasteiger partial charge in [0.2, 0.25) is 5.91 Å². The maximum absolute atomic E-state index is 12.9. The second-order valence-electron chi connectivity index (χ2n) is 7.89. The van der Waals surface area contributed by atoms with Crippen LogP contribution < -0.4 is 10.1 Å². The molecule has 152 valence electrons. The minimum atomic E-state index is -0.277. The zero-order valence-electron chi connectivity index (χ0n) is 16.7. The normalized spacial score (nSPS) is 21.4. The van der Waals surface area contributed by atoms with Gasteiger partial charge in [-0.05, 0) is 78.8 Å². The first-order chi connectivity index (χ1) is 14.1. The van der Waals surface area contributed by atoms with Crippen molar-refractivity contribution in [3.05, 3.63) is 71.0 Å². The van der Waals surface area contributed by atoms with Crippen molar-refractivity contribution >= 4 is 12.0 Å². The number of halogens is 1. The van der Waals surface area contributed by atoms with Crippen LogP contribution in [-0.2, 0) is 11.2 Å². The summed E-state index contributed by atoms with van der Waals surface area (Å²) >= 11 is 0. The predicted molar refractivity (Wildman–Crippen MR) is 112 cm³/mol. The van der Waals surface area contributed by atoms with E-state index in [1.807, 2.05) is 6.07 Å². The van der Waals surface area contributed by atoms with E-state index in [0.717, 1.165) is 43.7 Å². The van der Waals surface area contributed by atoms with E-state index in [9.17, 15) is 9.18 Å². The maximum atomic E-state index is 12.9. The first-order valence-electron chi connectivity index (χ1n) is 10.2. The number of carbonyl (C=O) groups is 1. The van der Waals surface area contributed by atoms with Crippen LogP contribution in [-0.4, -0.2) is 37.6 Å². The Labute approximate surface area is 171 Å². The first kappa shape index (κ1) is 19.6. The fourth-order valence-corrected chi connectivity index (χ4v) is 4.43. The number of ether oxygens (including phenoxy) is 1. The van der Waals surface area contributed by atoms with Gasteiger partial charge in [0.25, 0.3) is 0 Å². The van der Waals surface area contributed by atoms with Crippen molar-refractivity contribution in [1.82, 2.24) is 10.2 Å². The molecule has 2 aromatic rings. The highest BCUT2D eigenvalue weighted by molar-refractivity contribution is 5.91. The zero-order chi connectivity index (χ0) is 20.2. The van der Waals surface area contributed by atoms with Crippen LogP contribution in [0.3, 0.4) is 0 Å². The van der Waals surface area contributed by atoms with Crippen molar-refractivity contribution in [2.45, 2.75) is 25.3 Å². The fraction of sp³-hybridized carbons (Fsp3) is 0.375. The van der Waals surface area contributed by atoms with E-state index in [0.29, 0.717) is 18.5 Å². The summed E-state index contributed by atoms with van der Waals surface area (Å²) in [5.41, 5.74) is 3.60. The van der Waals surface area contributed by atoms with Crippen LogP contribution in [0, 0.1) is 11.7 Å². The summed E-state index contributed by atoms with van der Waals surface area (Å²) in [4.78, 5) is 14.8. The number of piperidine rings is 1. The molecule has 2 aliphatic heterocycles. The Hall–Kier alpha value is -2.66. The molecular weight excluding hydrogens is 367 g/mol. The smallest absolute Gasteiger partial charge is 0.244 e. The van der Waals surface area contributed by atoms with E-state index >= 15 is 0 Å². The van der Waals surface area contributed by atoms with E-state index in [-0.39, 0.29) is 11.7 Å². The van der Waals surface area contributed by atoms with E-state index < -0.39 is 0 Å². The van der Waals surface area contributed by atoms with Crippen LogP contribution in [0.5, 0.6) is 5.75 Å².